The number of benzene rings is 1. The number of nitrogens with one attached hydrogen (secondary N) is 1. The molecular formula is C17H20N4. The number of hydrogen-bond donors (Lipinski definition) is 1. The van der Waals surface area contributed by atoms with E-state index in [1.807, 2.05) is 24.3 Å². The van der Waals surface area contributed by atoms with Crippen molar-refractivity contribution in [3.05, 3.63) is 30.0 Å². The lowest BCUT2D eigenvalue weighted by Gasteiger charge is -2.32. The van der Waals surface area contributed by atoms with Crippen molar-refractivity contribution in [2.75, 3.05) is 5.32 Å². The van der Waals surface area contributed by atoms with Gasteiger partial charge in [-0.3, -0.25) is 0 Å². The van der Waals surface area contributed by atoms with Crippen LogP contribution in [0.1, 0.15) is 38.8 Å². The highest BCUT2D eigenvalue weighted by atomic mass is 15.1. The molecule has 1 aliphatic carbocycles. The molecule has 0 aliphatic heterocycles. The van der Waals surface area contributed by atoms with Gasteiger partial charge in [-0.1, -0.05) is 32.0 Å². The fourth-order valence-electron chi connectivity index (χ4n) is 3.55. The summed E-state index contributed by atoms with van der Waals surface area (Å²) in [5.74, 6) is 1.44. The van der Waals surface area contributed by atoms with Gasteiger partial charge in [-0.25, -0.2) is 0 Å². The SMILES string of the molecule is CC1CC(C)CC(Nc2c(C#N)nnc3ccccc23)C1. The Morgan fingerprint density at radius 3 is 2.52 bits per heavy atom. The molecule has 0 amide bonds. The van der Waals surface area contributed by atoms with Gasteiger partial charge in [0.1, 0.15) is 6.07 Å². The molecule has 1 aromatic heterocycles. The van der Waals surface area contributed by atoms with Gasteiger partial charge < -0.3 is 5.32 Å². The molecule has 2 atom stereocenters. The number of hydrogen-bond acceptors (Lipinski definition) is 4. The summed E-state index contributed by atoms with van der Waals surface area (Å²) in [4.78, 5) is 0. The third kappa shape index (κ3) is 2.82. The van der Waals surface area contributed by atoms with E-state index in [0.717, 1.165) is 41.3 Å². The van der Waals surface area contributed by atoms with Crippen LogP contribution in [0.15, 0.2) is 24.3 Å². The minimum absolute atomic E-state index is 0.388. The fraction of sp³-hybridized carbons (Fsp3) is 0.471. The Morgan fingerprint density at radius 2 is 1.81 bits per heavy atom. The van der Waals surface area contributed by atoms with Gasteiger partial charge in [0.25, 0.3) is 0 Å². The van der Waals surface area contributed by atoms with E-state index in [4.69, 9.17) is 0 Å². The molecule has 0 spiro atoms. The number of nitriles is 1. The zero-order valence-electron chi connectivity index (χ0n) is 12.5. The second-order valence-electron chi connectivity index (χ2n) is 6.31. The molecule has 0 saturated heterocycles. The minimum atomic E-state index is 0.388. The van der Waals surface area contributed by atoms with Gasteiger partial charge in [0.05, 0.1) is 11.2 Å². The quantitative estimate of drug-likeness (QED) is 0.910. The maximum Gasteiger partial charge on any atom is 0.186 e. The first kappa shape index (κ1) is 13.8. The van der Waals surface area contributed by atoms with E-state index in [1.54, 1.807) is 0 Å². The van der Waals surface area contributed by atoms with Gasteiger partial charge in [0.15, 0.2) is 5.69 Å². The third-order valence-corrected chi connectivity index (χ3v) is 4.30. The molecule has 0 radical (unpaired) electrons. The number of aromatic nitrogens is 2. The Hall–Kier alpha value is -2.15. The van der Waals surface area contributed by atoms with Crippen LogP contribution in [0.3, 0.4) is 0 Å². The summed E-state index contributed by atoms with van der Waals surface area (Å²) in [6.45, 7) is 4.61. The van der Waals surface area contributed by atoms with Crippen LogP contribution < -0.4 is 5.32 Å². The third-order valence-electron chi connectivity index (χ3n) is 4.30. The van der Waals surface area contributed by atoms with Crippen LogP contribution in [0, 0.1) is 23.2 Å². The van der Waals surface area contributed by atoms with Crippen LogP contribution in [0.5, 0.6) is 0 Å². The monoisotopic (exact) mass is 280 g/mol. The van der Waals surface area contributed by atoms with E-state index in [1.165, 1.54) is 6.42 Å². The predicted molar refractivity (Wildman–Crippen MR) is 83.8 cm³/mol. The largest absolute Gasteiger partial charge is 0.379 e. The summed E-state index contributed by atoms with van der Waals surface area (Å²) in [6, 6.07) is 10.4. The average molecular weight is 280 g/mol. The predicted octanol–water partition coefficient (Wildman–Crippen LogP) is 3.74. The Labute approximate surface area is 125 Å². The van der Waals surface area contributed by atoms with Gasteiger partial charge in [-0.2, -0.15) is 5.26 Å². The zero-order valence-corrected chi connectivity index (χ0v) is 12.5. The molecule has 1 aromatic carbocycles. The first-order chi connectivity index (χ1) is 10.2. The number of nitrogens with zero attached hydrogens (tertiary/aromatic N) is 3. The molecule has 1 N–H and O–H groups in total. The van der Waals surface area contributed by atoms with Gasteiger partial charge in [-0.15, -0.1) is 10.2 Å². The molecule has 1 fully saturated rings. The molecule has 108 valence electrons. The van der Waals surface area contributed by atoms with E-state index in [-0.39, 0.29) is 0 Å². The van der Waals surface area contributed by atoms with Gasteiger partial charge >= 0.3 is 0 Å². The molecule has 2 aromatic rings. The molecule has 3 rings (SSSR count). The highest BCUT2D eigenvalue weighted by Crippen LogP contribution is 2.32. The highest BCUT2D eigenvalue weighted by Gasteiger charge is 2.25. The number of rotatable bonds is 2. The van der Waals surface area contributed by atoms with E-state index in [2.05, 4.69) is 35.4 Å². The maximum atomic E-state index is 9.32. The van der Waals surface area contributed by atoms with Crippen molar-refractivity contribution in [2.24, 2.45) is 11.8 Å². The van der Waals surface area contributed by atoms with Crippen LogP contribution in [0.2, 0.25) is 0 Å². The van der Waals surface area contributed by atoms with Crippen molar-refractivity contribution < 1.29 is 0 Å². The van der Waals surface area contributed by atoms with Gasteiger partial charge in [0, 0.05) is 11.4 Å². The van der Waals surface area contributed by atoms with Crippen molar-refractivity contribution in [2.45, 2.75) is 39.2 Å². The summed E-state index contributed by atoms with van der Waals surface area (Å²) in [5, 5.41) is 22.1. The van der Waals surface area contributed by atoms with Crippen molar-refractivity contribution in [3.63, 3.8) is 0 Å². The summed E-state index contributed by atoms with van der Waals surface area (Å²) in [5.41, 5.74) is 2.06. The number of anilines is 1. The molecule has 2 unspecified atom stereocenters. The van der Waals surface area contributed by atoms with E-state index < -0.39 is 0 Å². The van der Waals surface area contributed by atoms with Crippen molar-refractivity contribution >= 4 is 16.6 Å². The maximum absolute atomic E-state index is 9.32. The summed E-state index contributed by atoms with van der Waals surface area (Å²) >= 11 is 0. The van der Waals surface area contributed by atoms with Crippen LogP contribution in [-0.4, -0.2) is 16.2 Å². The molecule has 4 nitrogen and oxygen atoms in total. The lowest BCUT2D eigenvalue weighted by Crippen LogP contribution is -2.30. The molecule has 1 aliphatic rings. The number of fused-ring (bicyclic) bond motifs is 1. The van der Waals surface area contributed by atoms with Crippen molar-refractivity contribution in [1.29, 1.82) is 5.26 Å². The molecule has 1 heterocycles. The van der Waals surface area contributed by atoms with E-state index in [9.17, 15) is 5.26 Å². The molecule has 0 bridgehead atoms. The van der Waals surface area contributed by atoms with E-state index >= 15 is 0 Å². The zero-order chi connectivity index (χ0) is 14.8. The van der Waals surface area contributed by atoms with E-state index in [0.29, 0.717) is 11.7 Å². The normalized spacial score (nSPS) is 25.5. The summed E-state index contributed by atoms with van der Waals surface area (Å²) < 4.78 is 0. The molecular weight excluding hydrogens is 260 g/mol. The summed E-state index contributed by atoms with van der Waals surface area (Å²) in [7, 11) is 0. The van der Waals surface area contributed by atoms with Gasteiger partial charge in [-0.05, 0) is 37.2 Å². The minimum Gasteiger partial charge on any atom is -0.379 e. The highest BCUT2D eigenvalue weighted by molar-refractivity contribution is 5.92. The van der Waals surface area contributed by atoms with Crippen LogP contribution >= 0.6 is 0 Å². The lowest BCUT2D eigenvalue weighted by atomic mass is 9.80. The molecule has 21 heavy (non-hydrogen) atoms. The van der Waals surface area contributed by atoms with Crippen molar-refractivity contribution in [3.8, 4) is 6.07 Å². The Morgan fingerprint density at radius 1 is 1.10 bits per heavy atom. The first-order valence-electron chi connectivity index (χ1n) is 7.59. The lowest BCUT2D eigenvalue weighted by molar-refractivity contribution is 0.281. The van der Waals surface area contributed by atoms with Crippen molar-refractivity contribution in [1.82, 2.24) is 10.2 Å². The van der Waals surface area contributed by atoms with Gasteiger partial charge in [0.2, 0.25) is 0 Å². The Balaban J connectivity index is 1.97. The Kier molecular flexibility index (Phi) is 3.74. The molecule has 1 saturated carbocycles. The standard InChI is InChI=1S/C17H20N4/c1-11-7-12(2)9-13(8-11)19-17-14-5-3-4-6-15(14)20-21-16(17)10-18/h3-6,11-13H,7-9H2,1-2H3,(H,19,20). The first-order valence-corrected chi connectivity index (χ1v) is 7.59. The second kappa shape index (κ2) is 5.69. The van der Waals surface area contributed by atoms with Crippen LogP contribution in [0.4, 0.5) is 5.69 Å². The second-order valence-corrected chi connectivity index (χ2v) is 6.31. The fourth-order valence-corrected chi connectivity index (χ4v) is 3.55. The Bertz CT molecular complexity index is 679. The molecule has 4 heteroatoms. The topological polar surface area (TPSA) is 61.6 Å². The smallest absolute Gasteiger partial charge is 0.186 e. The van der Waals surface area contributed by atoms with Crippen LogP contribution in [-0.2, 0) is 0 Å². The average Bonchev–Trinajstić information content (AvgIpc) is 2.46. The van der Waals surface area contributed by atoms with Crippen LogP contribution in [0.25, 0.3) is 10.9 Å². The summed E-state index contributed by atoms with van der Waals surface area (Å²) in [6.07, 6.45) is 3.58.